The van der Waals surface area contributed by atoms with Crippen molar-refractivity contribution in [3.63, 3.8) is 0 Å². The number of benzene rings is 1. The van der Waals surface area contributed by atoms with Gasteiger partial charge in [0, 0.05) is 5.56 Å². The summed E-state index contributed by atoms with van der Waals surface area (Å²) in [5.41, 5.74) is 1.43. The van der Waals surface area contributed by atoms with Crippen LogP contribution in [0.2, 0.25) is 0 Å². The van der Waals surface area contributed by atoms with E-state index < -0.39 is 0 Å². The van der Waals surface area contributed by atoms with E-state index >= 15 is 0 Å². The van der Waals surface area contributed by atoms with Crippen molar-refractivity contribution in [2.45, 2.75) is 18.2 Å². The molecule has 1 atom stereocenters. The molecule has 0 fully saturated rings. The number of aromatic amines is 1. The van der Waals surface area contributed by atoms with Gasteiger partial charge in [-0.1, -0.05) is 34.2 Å². The van der Waals surface area contributed by atoms with Crippen LogP contribution < -0.4 is 4.87 Å². The van der Waals surface area contributed by atoms with Gasteiger partial charge in [-0.3, -0.25) is 9.59 Å². The fourth-order valence-electron chi connectivity index (χ4n) is 1.46. The van der Waals surface area contributed by atoms with Gasteiger partial charge in [0.25, 0.3) is 0 Å². The number of H-pyrrole nitrogens is 1. The van der Waals surface area contributed by atoms with Crippen LogP contribution in [0.3, 0.4) is 0 Å². The lowest BCUT2D eigenvalue weighted by molar-refractivity contribution is 0.0990. The van der Waals surface area contributed by atoms with Gasteiger partial charge >= 0.3 is 4.87 Å². The molecule has 0 bridgehead atoms. The number of carbonyl (C=O) groups excluding carboxylic acids is 1. The van der Waals surface area contributed by atoms with Crippen molar-refractivity contribution in [2.24, 2.45) is 0 Å². The van der Waals surface area contributed by atoms with E-state index in [0.717, 1.165) is 28.0 Å². The van der Waals surface area contributed by atoms with Crippen LogP contribution in [0, 0.1) is 0 Å². The first-order valence-corrected chi connectivity index (χ1v) is 6.66. The molecule has 2 rings (SSSR count). The lowest BCUT2D eigenvalue weighted by Gasteiger charge is -2.05. The molecule has 2 aromatic rings. The second-order valence-electron chi connectivity index (χ2n) is 3.47. The summed E-state index contributed by atoms with van der Waals surface area (Å²) in [6.07, 6.45) is 0.750. The first-order chi connectivity index (χ1) is 7.61. The fraction of sp³-hybridized carbons (Fsp3) is 0.273. The lowest BCUT2D eigenvalue weighted by atomic mass is 10.1. The monoisotopic (exact) mass is 299 g/mol. The van der Waals surface area contributed by atoms with E-state index in [0.29, 0.717) is 5.56 Å². The Morgan fingerprint density at radius 2 is 2.31 bits per heavy atom. The van der Waals surface area contributed by atoms with Crippen molar-refractivity contribution in [1.29, 1.82) is 0 Å². The normalized spacial score (nSPS) is 12.9. The highest BCUT2D eigenvalue weighted by Crippen LogP contribution is 2.19. The average Bonchev–Trinajstić information content (AvgIpc) is 2.65. The third-order valence-electron chi connectivity index (χ3n) is 2.35. The van der Waals surface area contributed by atoms with E-state index in [1.807, 2.05) is 6.92 Å². The summed E-state index contributed by atoms with van der Waals surface area (Å²) >= 11 is 4.46. The van der Waals surface area contributed by atoms with Gasteiger partial charge in [-0.2, -0.15) is 0 Å². The Morgan fingerprint density at radius 1 is 1.56 bits per heavy atom. The Kier molecular flexibility index (Phi) is 3.25. The Labute approximate surface area is 105 Å². The van der Waals surface area contributed by atoms with Gasteiger partial charge in [0.2, 0.25) is 0 Å². The molecule has 16 heavy (non-hydrogen) atoms. The van der Waals surface area contributed by atoms with Crippen LogP contribution >= 0.6 is 27.3 Å². The van der Waals surface area contributed by atoms with Crippen LogP contribution in [0.5, 0.6) is 0 Å². The molecule has 1 heterocycles. The smallest absolute Gasteiger partial charge is 0.305 e. The van der Waals surface area contributed by atoms with Crippen molar-refractivity contribution in [3.05, 3.63) is 33.4 Å². The largest absolute Gasteiger partial charge is 0.312 e. The second kappa shape index (κ2) is 4.51. The zero-order valence-electron chi connectivity index (χ0n) is 8.62. The molecule has 1 aromatic heterocycles. The van der Waals surface area contributed by atoms with Gasteiger partial charge in [0.1, 0.15) is 0 Å². The zero-order valence-corrected chi connectivity index (χ0v) is 11.0. The number of hydrogen-bond donors (Lipinski definition) is 1. The molecule has 0 spiro atoms. The fourth-order valence-corrected chi connectivity index (χ4v) is 2.50. The number of nitrogens with one attached hydrogen (secondary N) is 1. The van der Waals surface area contributed by atoms with Crippen molar-refractivity contribution in [2.75, 3.05) is 0 Å². The quantitative estimate of drug-likeness (QED) is 0.700. The van der Waals surface area contributed by atoms with Gasteiger partial charge in [0.15, 0.2) is 5.78 Å². The van der Waals surface area contributed by atoms with Gasteiger partial charge in [-0.05, 0) is 24.6 Å². The molecule has 0 aliphatic rings. The lowest BCUT2D eigenvalue weighted by Crippen LogP contribution is -2.12. The zero-order chi connectivity index (χ0) is 11.7. The number of ketones is 1. The van der Waals surface area contributed by atoms with E-state index in [4.69, 9.17) is 0 Å². The maximum Gasteiger partial charge on any atom is 0.305 e. The van der Waals surface area contributed by atoms with Gasteiger partial charge < -0.3 is 4.98 Å². The van der Waals surface area contributed by atoms with Crippen LogP contribution in [0.1, 0.15) is 23.7 Å². The highest BCUT2D eigenvalue weighted by molar-refractivity contribution is 9.10. The highest BCUT2D eigenvalue weighted by Gasteiger charge is 2.15. The first-order valence-electron chi connectivity index (χ1n) is 4.93. The summed E-state index contributed by atoms with van der Waals surface area (Å²) in [7, 11) is 0. The minimum Gasteiger partial charge on any atom is -0.312 e. The molecule has 0 saturated heterocycles. The topological polar surface area (TPSA) is 49.9 Å². The molecule has 1 unspecified atom stereocenters. The van der Waals surface area contributed by atoms with Crippen LogP contribution in [0.15, 0.2) is 23.0 Å². The molecule has 0 saturated carbocycles. The van der Waals surface area contributed by atoms with E-state index in [2.05, 4.69) is 20.9 Å². The van der Waals surface area contributed by atoms with Crippen LogP contribution in [-0.4, -0.2) is 15.6 Å². The van der Waals surface area contributed by atoms with E-state index in [1.54, 1.807) is 18.2 Å². The van der Waals surface area contributed by atoms with Crippen molar-refractivity contribution in [1.82, 2.24) is 4.98 Å². The number of halogens is 1. The van der Waals surface area contributed by atoms with E-state index in [-0.39, 0.29) is 15.5 Å². The summed E-state index contributed by atoms with van der Waals surface area (Å²) in [4.78, 5) is 25.5. The second-order valence-corrected chi connectivity index (χ2v) is 5.59. The van der Waals surface area contributed by atoms with Crippen LogP contribution in [0.25, 0.3) is 10.2 Å². The van der Waals surface area contributed by atoms with E-state index in [9.17, 15) is 9.59 Å². The third kappa shape index (κ3) is 2.10. The molecule has 0 amide bonds. The van der Waals surface area contributed by atoms with Crippen molar-refractivity contribution < 1.29 is 4.79 Å². The molecule has 1 aromatic carbocycles. The number of Topliss-reactive ketones (excluding diaryl/α,β-unsaturated/α-hetero) is 1. The molecule has 0 aliphatic heterocycles. The number of hydrogen-bond acceptors (Lipinski definition) is 3. The van der Waals surface area contributed by atoms with Crippen LogP contribution in [-0.2, 0) is 0 Å². The summed E-state index contributed by atoms with van der Waals surface area (Å²) in [5.74, 6) is 0.0604. The predicted molar refractivity (Wildman–Crippen MR) is 69.8 cm³/mol. The Morgan fingerprint density at radius 3 is 3.00 bits per heavy atom. The standard InChI is InChI=1S/C11H10BrNO2S/c1-2-7(12)10(14)6-3-4-8-9(5-6)16-11(15)13-8/h3-5,7H,2H2,1H3,(H,13,15). The summed E-state index contributed by atoms with van der Waals surface area (Å²) in [5, 5.41) is 0. The average molecular weight is 300 g/mol. The first kappa shape index (κ1) is 11.5. The molecule has 84 valence electrons. The molecule has 1 N–H and O–H groups in total. The minimum atomic E-state index is -0.152. The Hall–Kier alpha value is -0.940. The van der Waals surface area contributed by atoms with Gasteiger partial charge in [-0.25, -0.2) is 0 Å². The van der Waals surface area contributed by atoms with Gasteiger partial charge in [0.05, 0.1) is 15.0 Å². The molecule has 0 radical (unpaired) electrons. The number of thiazole rings is 1. The third-order valence-corrected chi connectivity index (χ3v) is 4.26. The Balaban J connectivity index is 2.46. The maximum absolute atomic E-state index is 11.9. The molecule has 3 nitrogen and oxygen atoms in total. The molecule has 0 aliphatic carbocycles. The molecule has 5 heteroatoms. The number of alkyl halides is 1. The number of carbonyl (C=O) groups is 1. The summed E-state index contributed by atoms with van der Waals surface area (Å²) < 4.78 is 0.826. The number of fused-ring (bicyclic) bond motifs is 1. The number of aromatic nitrogens is 1. The van der Waals surface area contributed by atoms with Crippen LogP contribution in [0.4, 0.5) is 0 Å². The maximum atomic E-state index is 11.9. The molecular weight excluding hydrogens is 290 g/mol. The highest BCUT2D eigenvalue weighted by atomic mass is 79.9. The molecular formula is C11H10BrNO2S. The van der Waals surface area contributed by atoms with Gasteiger partial charge in [-0.15, -0.1) is 0 Å². The van der Waals surface area contributed by atoms with Crippen molar-refractivity contribution in [3.8, 4) is 0 Å². The minimum absolute atomic E-state index is 0.0604. The summed E-state index contributed by atoms with van der Waals surface area (Å²) in [6.45, 7) is 1.95. The van der Waals surface area contributed by atoms with Crippen molar-refractivity contribution >= 4 is 43.3 Å². The Bertz CT molecular complexity index is 587. The predicted octanol–water partition coefficient (Wildman–Crippen LogP) is 2.95. The number of rotatable bonds is 3. The summed E-state index contributed by atoms with van der Waals surface area (Å²) in [6, 6.07) is 5.29. The van der Waals surface area contributed by atoms with E-state index in [1.165, 1.54) is 0 Å². The SMILES string of the molecule is CCC(Br)C(=O)c1ccc2[nH]c(=O)sc2c1.